The molecule has 0 bridgehead atoms. The third-order valence-electron chi connectivity index (χ3n) is 6.04. The normalized spacial score (nSPS) is 16.4. The summed E-state index contributed by atoms with van der Waals surface area (Å²) in [5.41, 5.74) is 4.16. The van der Waals surface area contributed by atoms with Gasteiger partial charge < -0.3 is 5.11 Å². The zero-order valence-corrected chi connectivity index (χ0v) is 18.8. The number of nitrogens with zero attached hydrogens (tertiary/aromatic N) is 4. The van der Waals surface area contributed by atoms with Gasteiger partial charge in [-0.05, 0) is 48.5 Å². The van der Waals surface area contributed by atoms with Gasteiger partial charge in [0.15, 0.2) is 0 Å². The summed E-state index contributed by atoms with van der Waals surface area (Å²) in [4.78, 5) is 2.38. The van der Waals surface area contributed by atoms with E-state index < -0.39 is 10.9 Å². The second-order valence-electron chi connectivity index (χ2n) is 8.19. The van der Waals surface area contributed by atoms with Crippen molar-refractivity contribution in [3.63, 3.8) is 0 Å². The first kappa shape index (κ1) is 22.6. The molecule has 0 amide bonds. The molecule has 1 fully saturated rings. The molecule has 2 aromatic carbocycles. The minimum atomic E-state index is -2.58. The van der Waals surface area contributed by atoms with Crippen LogP contribution in [0.1, 0.15) is 47.2 Å². The minimum absolute atomic E-state index is 0.0297. The average molecular weight is 456 g/mol. The lowest BCUT2D eigenvalue weighted by molar-refractivity contribution is 0.202. The topological polar surface area (TPSA) is 100 Å². The molecule has 1 aliphatic heterocycles. The minimum Gasteiger partial charge on any atom is -0.394 e. The number of aliphatic hydroxyl groups is 1. The number of thiol groups is 1. The Morgan fingerprint density at radius 3 is 2.59 bits per heavy atom. The summed E-state index contributed by atoms with van der Waals surface area (Å²) in [6.45, 7) is 2.97. The predicted molar refractivity (Wildman–Crippen MR) is 123 cm³/mol. The summed E-state index contributed by atoms with van der Waals surface area (Å²) < 4.78 is 25.7. The van der Waals surface area contributed by atoms with Crippen molar-refractivity contribution < 1.29 is 13.5 Å². The molecule has 1 unspecified atom stereocenters. The van der Waals surface area contributed by atoms with Crippen molar-refractivity contribution in [1.29, 1.82) is 0 Å². The van der Waals surface area contributed by atoms with Gasteiger partial charge in [-0.15, -0.1) is 5.10 Å². The van der Waals surface area contributed by atoms with Crippen LogP contribution < -0.4 is 4.72 Å². The molecular weight excluding hydrogens is 426 g/mol. The summed E-state index contributed by atoms with van der Waals surface area (Å²) in [7, 11) is -2.58. The Morgan fingerprint density at radius 2 is 1.88 bits per heavy atom. The van der Waals surface area contributed by atoms with Gasteiger partial charge in [-0.1, -0.05) is 59.8 Å². The number of hydrogen-bond donors (Lipinski definition) is 3. The first-order valence-electron chi connectivity index (χ1n) is 10.9. The highest BCUT2D eigenvalue weighted by atomic mass is 32.2. The van der Waals surface area contributed by atoms with Gasteiger partial charge in [0, 0.05) is 13.1 Å². The van der Waals surface area contributed by atoms with Crippen LogP contribution in [-0.2, 0) is 24.0 Å². The maximum Gasteiger partial charge on any atom is 0.201 e. The SMILES string of the molecule is O=[SH](=O)NCc1cccc(C2CCN(Cc3cn(C(CO)c4ccccc4)nn3)CC2)c1. The smallest absolute Gasteiger partial charge is 0.201 e. The van der Waals surface area contributed by atoms with E-state index in [4.69, 9.17) is 0 Å². The molecule has 32 heavy (non-hydrogen) atoms. The van der Waals surface area contributed by atoms with Gasteiger partial charge in [-0.25, -0.2) is 17.8 Å². The van der Waals surface area contributed by atoms with Crippen LogP contribution in [0.2, 0.25) is 0 Å². The second-order valence-corrected chi connectivity index (χ2v) is 9.02. The highest BCUT2D eigenvalue weighted by Gasteiger charge is 2.22. The Morgan fingerprint density at radius 1 is 1.09 bits per heavy atom. The van der Waals surface area contributed by atoms with Crippen molar-refractivity contribution in [2.24, 2.45) is 0 Å². The van der Waals surface area contributed by atoms with E-state index in [-0.39, 0.29) is 12.6 Å². The maximum absolute atomic E-state index is 10.8. The van der Waals surface area contributed by atoms with E-state index in [1.807, 2.05) is 48.7 Å². The molecule has 4 rings (SSSR count). The van der Waals surface area contributed by atoms with E-state index in [2.05, 4.69) is 32.1 Å². The lowest BCUT2D eigenvalue weighted by Gasteiger charge is -2.31. The molecule has 0 aliphatic carbocycles. The number of benzene rings is 2. The van der Waals surface area contributed by atoms with Gasteiger partial charge in [0.25, 0.3) is 0 Å². The molecule has 8 nitrogen and oxygen atoms in total. The molecule has 1 saturated heterocycles. The highest BCUT2D eigenvalue weighted by molar-refractivity contribution is 7.70. The molecule has 2 N–H and O–H groups in total. The van der Waals surface area contributed by atoms with Crippen molar-refractivity contribution in [3.05, 3.63) is 83.2 Å². The molecule has 1 aliphatic rings. The number of aliphatic hydroxyl groups excluding tert-OH is 1. The fraction of sp³-hybridized carbons (Fsp3) is 0.391. The molecule has 0 saturated carbocycles. The fourth-order valence-corrected chi connectivity index (χ4v) is 4.63. The van der Waals surface area contributed by atoms with Crippen LogP contribution in [-0.4, -0.2) is 53.1 Å². The zero-order valence-electron chi connectivity index (χ0n) is 17.9. The van der Waals surface area contributed by atoms with Gasteiger partial charge in [-0.3, -0.25) is 4.90 Å². The number of piperidine rings is 1. The van der Waals surface area contributed by atoms with Gasteiger partial charge in [0.05, 0.1) is 18.5 Å². The Kier molecular flexibility index (Phi) is 7.64. The molecule has 1 aromatic heterocycles. The van der Waals surface area contributed by atoms with Crippen molar-refractivity contribution in [2.45, 2.75) is 37.9 Å². The lowest BCUT2D eigenvalue weighted by atomic mass is 9.88. The third-order valence-corrected chi connectivity index (χ3v) is 6.46. The van der Waals surface area contributed by atoms with Crippen LogP contribution in [0, 0.1) is 0 Å². The number of rotatable bonds is 9. The summed E-state index contributed by atoms with van der Waals surface area (Å²) in [6.07, 6.45) is 4.02. The summed E-state index contributed by atoms with van der Waals surface area (Å²) in [6, 6.07) is 17.8. The first-order valence-corrected chi connectivity index (χ1v) is 12.1. The van der Waals surface area contributed by atoms with Gasteiger partial charge in [-0.2, -0.15) is 0 Å². The largest absolute Gasteiger partial charge is 0.394 e. The Labute approximate surface area is 190 Å². The van der Waals surface area contributed by atoms with Crippen molar-refractivity contribution >= 4 is 10.9 Å². The predicted octanol–water partition coefficient (Wildman–Crippen LogP) is 1.86. The van der Waals surface area contributed by atoms with E-state index in [1.54, 1.807) is 4.68 Å². The van der Waals surface area contributed by atoms with Crippen LogP contribution in [0.3, 0.4) is 0 Å². The lowest BCUT2D eigenvalue weighted by Crippen LogP contribution is -2.32. The van der Waals surface area contributed by atoms with Gasteiger partial charge in [0.2, 0.25) is 10.9 Å². The van der Waals surface area contributed by atoms with Crippen LogP contribution in [0.5, 0.6) is 0 Å². The van der Waals surface area contributed by atoms with Crippen LogP contribution in [0.25, 0.3) is 0 Å². The van der Waals surface area contributed by atoms with E-state index in [0.717, 1.165) is 49.3 Å². The van der Waals surface area contributed by atoms with Gasteiger partial charge >= 0.3 is 0 Å². The summed E-state index contributed by atoms with van der Waals surface area (Å²) >= 11 is 0. The number of aromatic nitrogens is 3. The molecule has 9 heteroatoms. The molecule has 3 aromatic rings. The first-order chi connectivity index (χ1) is 15.6. The molecule has 0 spiro atoms. The van der Waals surface area contributed by atoms with Crippen LogP contribution in [0.15, 0.2) is 60.8 Å². The molecule has 1 atom stereocenters. The maximum atomic E-state index is 10.8. The molecule has 170 valence electrons. The van der Waals surface area contributed by atoms with E-state index in [1.165, 1.54) is 5.56 Å². The Bertz CT molecular complexity index is 1070. The monoisotopic (exact) mass is 455 g/mol. The zero-order chi connectivity index (χ0) is 22.3. The number of hydrogen-bond acceptors (Lipinski definition) is 6. The molecule has 0 radical (unpaired) electrons. The standard InChI is InChI=1S/C23H29N5O3S/c29-17-23(20-6-2-1-3-7-20)28-16-22(25-26-28)15-27-11-9-19(10-12-27)21-8-4-5-18(13-21)14-24-32(30)31/h1-8,13,16,19,23,29,32H,9-12,14-15,17H2,(H,24,30,31). The van der Waals surface area contributed by atoms with E-state index >= 15 is 0 Å². The van der Waals surface area contributed by atoms with Crippen molar-refractivity contribution in [3.8, 4) is 0 Å². The fourth-order valence-electron chi connectivity index (χ4n) is 4.32. The van der Waals surface area contributed by atoms with E-state index in [9.17, 15) is 13.5 Å². The molecule has 2 heterocycles. The Balaban J connectivity index is 1.32. The second kappa shape index (κ2) is 10.8. The Hall–Kier alpha value is -2.59. The van der Waals surface area contributed by atoms with Crippen molar-refractivity contribution in [2.75, 3.05) is 19.7 Å². The van der Waals surface area contributed by atoms with Gasteiger partial charge in [0.1, 0.15) is 6.04 Å². The number of nitrogens with one attached hydrogen (secondary N) is 1. The summed E-state index contributed by atoms with van der Waals surface area (Å²) in [5, 5.41) is 18.4. The van der Waals surface area contributed by atoms with Crippen LogP contribution >= 0.6 is 0 Å². The van der Waals surface area contributed by atoms with E-state index in [0.29, 0.717) is 12.5 Å². The highest BCUT2D eigenvalue weighted by Crippen LogP contribution is 2.29. The number of likely N-dealkylation sites (tertiary alicyclic amines) is 1. The average Bonchev–Trinajstić information content (AvgIpc) is 3.27. The van der Waals surface area contributed by atoms with Crippen LogP contribution in [0.4, 0.5) is 0 Å². The quantitative estimate of drug-likeness (QED) is 0.426. The molecular formula is C23H29N5O3S. The summed E-state index contributed by atoms with van der Waals surface area (Å²) in [5.74, 6) is 0.472. The van der Waals surface area contributed by atoms with Crippen molar-refractivity contribution in [1.82, 2.24) is 24.6 Å². The third kappa shape index (κ3) is 5.80.